The number of para-hydroxylation sites is 2. The number of hydrogen-bond donors (Lipinski definition) is 2. The van der Waals surface area contributed by atoms with Crippen molar-refractivity contribution in [1.29, 1.82) is 0 Å². The van der Waals surface area contributed by atoms with Crippen molar-refractivity contribution in [3.05, 3.63) is 48.3 Å². The first kappa shape index (κ1) is 19.2. The molecule has 0 spiro atoms. The van der Waals surface area contributed by atoms with Crippen LogP contribution in [-0.4, -0.2) is 23.0 Å². The second kappa shape index (κ2) is 9.40. The van der Waals surface area contributed by atoms with Crippen LogP contribution in [-0.2, 0) is 0 Å². The molecule has 0 radical (unpaired) electrons. The van der Waals surface area contributed by atoms with Crippen molar-refractivity contribution in [3.8, 4) is 5.75 Å². The van der Waals surface area contributed by atoms with E-state index in [0.29, 0.717) is 23.2 Å². The summed E-state index contributed by atoms with van der Waals surface area (Å²) in [5.74, 6) is 0.424. The average Bonchev–Trinajstić information content (AvgIpc) is 2.92. The summed E-state index contributed by atoms with van der Waals surface area (Å²) < 4.78 is 5.77. The van der Waals surface area contributed by atoms with E-state index in [-0.39, 0.29) is 12.0 Å². The molecule has 0 unspecified atom stereocenters. The zero-order valence-corrected chi connectivity index (χ0v) is 16.2. The lowest BCUT2D eigenvalue weighted by atomic mass is 10.1. The molecule has 2 N–H and O–H groups in total. The molecular formula is C22H29N3O2. The molecule has 1 aliphatic carbocycles. The van der Waals surface area contributed by atoms with Gasteiger partial charge in [-0.25, -0.2) is 0 Å². The number of carbonyl (C=O) groups is 1. The summed E-state index contributed by atoms with van der Waals surface area (Å²) in [4.78, 5) is 16.9. The zero-order chi connectivity index (χ0) is 19.1. The maximum absolute atomic E-state index is 12.7. The number of anilines is 2. The lowest BCUT2D eigenvalue weighted by Gasteiger charge is -2.18. The van der Waals surface area contributed by atoms with Gasteiger partial charge in [-0.2, -0.15) is 0 Å². The van der Waals surface area contributed by atoms with E-state index in [1.165, 1.54) is 38.5 Å². The van der Waals surface area contributed by atoms with Gasteiger partial charge in [0.1, 0.15) is 11.4 Å². The molecule has 0 aliphatic heterocycles. The largest absolute Gasteiger partial charge is 0.489 e. The van der Waals surface area contributed by atoms with Gasteiger partial charge in [0, 0.05) is 17.9 Å². The molecular weight excluding hydrogens is 338 g/mol. The number of benzene rings is 1. The summed E-state index contributed by atoms with van der Waals surface area (Å²) in [6.45, 7) is 3.92. The van der Waals surface area contributed by atoms with Crippen LogP contribution in [0.3, 0.4) is 0 Å². The van der Waals surface area contributed by atoms with Crippen LogP contribution >= 0.6 is 0 Å². The molecule has 5 nitrogen and oxygen atoms in total. The summed E-state index contributed by atoms with van der Waals surface area (Å²) >= 11 is 0. The minimum absolute atomic E-state index is 0.0354. The van der Waals surface area contributed by atoms with Gasteiger partial charge in [-0.15, -0.1) is 0 Å². The third-order valence-corrected chi connectivity index (χ3v) is 4.72. The number of amides is 1. The molecule has 0 bridgehead atoms. The quantitative estimate of drug-likeness (QED) is 0.684. The van der Waals surface area contributed by atoms with Gasteiger partial charge in [0.25, 0.3) is 5.91 Å². The number of carbonyl (C=O) groups excluding carboxylic acids is 1. The van der Waals surface area contributed by atoms with Crippen molar-refractivity contribution in [3.63, 3.8) is 0 Å². The number of rotatable bonds is 6. The second-order valence-corrected chi connectivity index (χ2v) is 7.38. The van der Waals surface area contributed by atoms with Crippen molar-refractivity contribution in [2.75, 3.05) is 10.6 Å². The average molecular weight is 367 g/mol. The summed E-state index contributed by atoms with van der Waals surface area (Å²) in [5.41, 5.74) is 2.00. The van der Waals surface area contributed by atoms with Crippen LogP contribution < -0.4 is 15.4 Å². The minimum atomic E-state index is -0.237. The summed E-state index contributed by atoms with van der Waals surface area (Å²) in [7, 11) is 0. The molecule has 0 saturated heterocycles. The fraction of sp³-hybridized carbons (Fsp3) is 0.455. The third-order valence-electron chi connectivity index (χ3n) is 4.72. The Labute approximate surface area is 161 Å². The molecule has 1 amide bonds. The Morgan fingerprint density at radius 3 is 2.59 bits per heavy atom. The Morgan fingerprint density at radius 2 is 1.85 bits per heavy atom. The number of pyridine rings is 1. The molecule has 1 saturated carbocycles. The molecule has 1 aliphatic rings. The van der Waals surface area contributed by atoms with Crippen LogP contribution in [0.4, 0.5) is 11.4 Å². The zero-order valence-electron chi connectivity index (χ0n) is 16.2. The maximum Gasteiger partial charge on any atom is 0.274 e. The molecule has 1 fully saturated rings. The van der Waals surface area contributed by atoms with Gasteiger partial charge in [0.15, 0.2) is 0 Å². The first-order valence-electron chi connectivity index (χ1n) is 9.91. The molecule has 2 aromatic rings. The third kappa shape index (κ3) is 5.71. The van der Waals surface area contributed by atoms with Crippen LogP contribution in [0.15, 0.2) is 42.6 Å². The summed E-state index contributed by atoms with van der Waals surface area (Å²) in [5, 5.41) is 6.49. The van der Waals surface area contributed by atoms with Gasteiger partial charge in [0.2, 0.25) is 0 Å². The highest BCUT2D eigenvalue weighted by Gasteiger charge is 2.15. The first-order chi connectivity index (χ1) is 13.1. The SMILES string of the molecule is CC(C)Oc1ccccc1NC(=O)c1cc(NC2CCCCCC2)ccn1. The molecule has 5 heteroatoms. The minimum Gasteiger partial charge on any atom is -0.489 e. The highest BCUT2D eigenvalue weighted by molar-refractivity contribution is 6.04. The fourth-order valence-corrected chi connectivity index (χ4v) is 3.42. The lowest BCUT2D eigenvalue weighted by Crippen LogP contribution is -2.19. The van der Waals surface area contributed by atoms with Crippen molar-refractivity contribution in [2.24, 2.45) is 0 Å². The molecule has 1 heterocycles. The Morgan fingerprint density at radius 1 is 1.11 bits per heavy atom. The van der Waals surface area contributed by atoms with E-state index in [1.54, 1.807) is 6.20 Å². The van der Waals surface area contributed by atoms with Crippen LogP contribution in [0, 0.1) is 0 Å². The number of nitrogens with one attached hydrogen (secondary N) is 2. The molecule has 0 atom stereocenters. The van der Waals surface area contributed by atoms with Crippen LogP contribution in [0.1, 0.15) is 62.9 Å². The highest BCUT2D eigenvalue weighted by Crippen LogP contribution is 2.26. The van der Waals surface area contributed by atoms with Crippen LogP contribution in [0.5, 0.6) is 5.75 Å². The van der Waals surface area contributed by atoms with Gasteiger partial charge >= 0.3 is 0 Å². The number of hydrogen-bond acceptors (Lipinski definition) is 4. The maximum atomic E-state index is 12.7. The predicted octanol–water partition coefficient (Wildman–Crippen LogP) is 5.26. The van der Waals surface area contributed by atoms with Crippen molar-refractivity contribution >= 4 is 17.3 Å². The summed E-state index contributed by atoms with van der Waals surface area (Å²) in [6.07, 6.45) is 9.26. The molecule has 1 aromatic carbocycles. The van der Waals surface area contributed by atoms with E-state index < -0.39 is 0 Å². The first-order valence-corrected chi connectivity index (χ1v) is 9.91. The van der Waals surface area contributed by atoms with Crippen molar-refractivity contribution in [1.82, 2.24) is 4.98 Å². The van der Waals surface area contributed by atoms with Gasteiger partial charge in [-0.3, -0.25) is 9.78 Å². The van der Waals surface area contributed by atoms with Crippen LogP contribution in [0.25, 0.3) is 0 Å². The number of nitrogens with zero attached hydrogens (tertiary/aromatic N) is 1. The molecule has 27 heavy (non-hydrogen) atoms. The number of aromatic nitrogens is 1. The van der Waals surface area contributed by atoms with E-state index in [4.69, 9.17) is 4.74 Å². The second-order valence-electron chi connectivity index (χ2n) is 7.38. The van der Waals surface area contributed by atoms with Crippen molar-refractivity contribution < 1.29 is 9.53 Å². The Kier molecular flexibility index (Phi) is 6.69. The Hall–Kier alpha value is -2.56. The van der Waals surface area contributed by atoms with Gasteiger partial charge < -0.3 is 15.4 Å². The Balaban J connectivity index is 1.68. The van der Waals surface area contributed by atoms with E-state index in [9.17, 15) is 4.79 Å². The fourth-order valence-electron chi connectivity index (χ4n) is 3.42. The standard InChI is InChI=1S/C22H29N3O2/c1-16(2)27-21-12-8-7-11-19(21)25-22(26)20-15-18(13-14-23-20)24-17-9-5-3-4-6-10-17/h7-8,11-17H,3-6,9-10H2,1-2H3,(H,23,24)(H,25,26). The van der Waals surface area contributed by atoms with Gasteiger partial charge in [0.05, 0.1) is 11.8 Å². The summed E-state index contributed by atoms with van der Waals surface area (Å²) in [6, 6.07) is 11.7. The Bertz CT molecular complexity index is 753. The molecule has 144 valence electrons. The number of ether oxygens (including phenoxy) is 1. The monoisotopic (exact) mass is 367 g/mol. The smallest absolute Gasteiger partial charge is 0.274 e. The highest BCUT2D eigenvalue weighted by atomic mass is 16.5. The molecule has 3 rings (SSSR count). The van der Waals surface area contributed by atoms with E-state index in [2.05, 4.69) is 15.6 Å². The van der Waals surface area contributed by atoms with E-state index in [1.807, 2.05) is 50.2 Å². The lowest BCUT2D eigenvalue weighted by molar-refractivity contribution is 0.102. The van der Waals surface area contributed by atoms with E-state index in [0.717, 1.165) is 5.69 Å². The van der Waals surface area contributed by atoms with Gasteiger partial charge in [-0.1, -0.05) is 37.8 Å². The van der Waals surface area contributed by atoms with E-state index >= 15 is 0 Å². The normalized spacial score (nSPS) is 15.2. The topological polar surface area (TPSA) is 63.2 Å². The van der Waals surface area contributed by atoms with Crippen LogP contribution in [0.2, 0.25) is 0 Å². The van der Waals surface area contributed by atoms with Gasteiger partial charge in [-0.05, 0) is 51.0 Å². The molecule has 1 aromatic heterocycles. The van der Waals surface area contributed by atoms with Crippen molar-refractivity contribution in [2.45, 2.75) is 64.5 Å². The predicted molar refractivity (Wildman–Crippen MR) is 110 cm³/mol.